The van der Waals surface area contributed by atoms with Gasteiger partial charge in [-0.1, -0.05) is 104 Å². The number of fused-ring (bicyclic) bond motifs is 2. The van der Waals surface area contributed by atoms with Crippen LogP contribution in [0.3, 0.4) is 0 Å². The van der Waals surface area contributed by atoms with Crippen molar-refractivity contribution in [2.75, 3.05) is 33.0 Å². The molecule has 0 saturated carbocycles. The molecule has 0 aliphatic carbocycles. The number of benzene rings is 2. The highest BCUT2D eigenvalue weighted by molar-refractivity contribution is 9.10. The zero-order chi connectivity index (χ0) is 34.8. The van der Waals surface area contributed by atoms with Crippen molar-refractivity contribution in [3.05, 3.63) is 67.6 Å². The van der Waals surface area contributed by atoms with E-state index in [1.54, 1.807) is 0 Å². The maximum absolute atomic E-state index is 6.61. The summed E-state index contributed by atoms with van der Waals surface area (Å²) in [6, 6.07) is 12.7. The molecule has 4 heterocycles. The molecule has 0 bridgehead atoms. The molecule has 8 heteroatoms. The highest BCUT2D eigenvalue weighted by Gasteiger charge is 2.58. The van der Waals surface area contributed by atoms with E-state index in [9.17, 15) is 0 Å². The summed E-state index contributed by atoms with van der Waals surface area (Å²) in [5.41, 5.74) is 5.31. The van der Waals surface area contributed by atoms with Crippen molar-refractivity contribution in [1.29, 1.82) is 0 Å². The molecule has 0 aromatic heterocycles. The van der Waals surface area contributed by atoms with Crippen LogP contribution in [0.5, 0.6) is 0 Å². The van der Waals surface area contributed by atoms with Gasteiger partial charge in [0.05, 0.1) is 49.3 Å². The lowest BCUT2D eigenvalue weighted by Gasteiger charge is -2.30. The molecule has 3 unspecified atom stereocenters. The van der Waals surface area contributed by atoms with E-state index in [1.165, 1.54) is 16.7 Å². The minimum Gasteiger partial charge on any atom is -0.395 e. The van der Waals surface area contributed by atoms with Gasteiger partial charge in [0.25, 0.3) is 0 Å². The van der Waals surface area contributed by atoms with Crippen molar-refractivity contribution in [2.45, 2.75) is 112 Å². The van der Waals surface area contributed by atoms with Crippen LogP contribution < -0.4 is 0 Å². The molecule has 2 aromatic rings. The Morgan fingerprint density at radius 2 is 1.38 bits per heavy atom. The van der Waals surface area contributed by atoms with Gasteiger partial charge in [-0.25, -0.2) is 0 Å². The Labute approximate surface area is 302 Å². The third kappa shape index (κ3) is 9.98. The second-order valence-electron chi connectivity index (χ2n) is 17.1. The maximum atomic E-state index is 6.61. The van der Waals surface area contributed by atoms with Gasteiger partial charge in [0.2, 0.25) is 0 Å². The molecule has 2 aromatic carbocycles. The van der Waals surface area contributed by atoms with E-state index in [0.717, 1.165) is 65.7 Å². The second kappa shape index (κ2) is 15.0. The van der Waals surface area contributed by atoms with Crippen molar-refractivity contribution >= 4 is 44.8 Å². The first kappa shape index (κ1) is 38.6. The van der Waals surface area contributed by atoms with Gasteiger partial charge < -0.3 is 19.0 Å². The van der Waals surface area contributed by atoms with Gasteiger partial charge >= 0.3 is 0 Å². The summed E-state index contributed by atoms with van der Waals surface area (Å²) in [4.78, 5) is 4.96. The summed E-state index contributed by atoms with van der Waals surface area (Å²) < 4.78 is 18.5. The minimum atomic E-state index is -0.131. The largest absolute Gasteiger partial charge is 0.395 e. The van der Waals surface area contributed by atoms with Crippen molar-refractivity contribution in [3.8, 4) is 0 Å². The highest BCUT2D eigenvalue weighted by atomic mass is 79.9. The van der Waals surface area contributed by atoms with E-state index < -0.39 is 0 Å². The topological polar surface area (TPSA) is 49.3 Å². The first-order valence-corrected chi connectivity index (χ1v) is 18.5. The van der Waals surface area contributed by atoms with E-state index in [-0.39, 0.29) is 16.6 Å². The first-order chi connectivity index (χ1) is 21.7. The summed E-state index contributed by atoms with van der Waals surface area (Å²) in [6.45, 7) is 25.6. The maximum Gasteiger partial charge on any atom is 0.128 e. The van der Waals surface area contributed by atoms with Crippen LogP contribution in [0.15, 0.2) is 46.0 Å². The van der Waals surface area contributed by atoms with Crippen LogP contribution in [0, 0.1) is 22.7 Å². The molecule has 0 radical (unpaired) electrons. The normalized spacial score (nSPS) is 25.5. The van der Waals surface area contributed by atoms with Gasteiger partial charge in [-0.15, -0.1) is 0 Å². The average Bonchev–Trinajstić information content (AvgIpc) is 3.72. The zero-order valence-corrected chi connectivity index (χ0v) is 33.3. The zero-order valence-electron chi connectivity index (χ0n) is 30.2. The van der Waals surface area contributed by atoms with Crippen LogP contribution in [-0.2, 0) is 37.3 Å². The van der Waals surface area contributed by atoms with Gasteiger partial charge in [0.15, 0.2) is 0 Å². The SMILES string of the molecule is CC(C)(C)CCc1ccc(Br)cc1Cl.CC(C)(C)CCc1ccc(C23COCC2C(C)(C)OC3)cc1Cl.CC1(C)OCC2=NOCC21. The number of aryl methyl sites for hydroxylation is 2. The Bertz CT molecular complexity index is 1410. The van der Waals surface area contributed by atoms with Crippen LogP contribution >= 0.6 is 39.1 Å². The summed E-state index contributed by atoms with van der Waals surface area (Å²) in [5.74, 6) is 0.791. The molecule has 4 aliphatic rings. The van der Waals surface area contributed by atoms with E-state index >= 15 is 0 Å². The van der Waals surface area contributed by atoms with Crippen LogP contribution in [0.4, 0.5) is 0 Å². The predicted molar refractivity (Wildman–Crippen MR) is 199 cm³/mol. The second-order valence-corrected chi connectivity index (χ2v) is 18.8. The highest BCUT2D eigenvalue weighted by Crippen LogP contribution is 2.51. The monoisotopic (exact) mass is 751 g/mol. The average molecular weight is 754 g/mol. The lowest BCUT2D eigenvalue weighted by molar-refractivity contribution is -0.0130. The molecule has 6 rings (SSSR count). The first-order valence-electron chi connectivity index (χ1n) is 17.0. The fourth-order valence-corrected chi connectivity index (χ4v) is 7.70. The molecule has 262 valence electrons. The molecule has 4 aliphatic heterocycles. The summed E-state index contributed by atoms with van der Waals surface area (Å²) >= 11 is 16.1. The lowest BCUT2D eigenvalue weighted by Crippen LogP contribution is -2.39. The standard InChI is InChI=1S/C20H29ClO2.C12H16BrCl.C7H11NO2/c1-18(2,3)9-8-14-6-7-15(10-16(14)21)20-12-22-11-17(20)19(4,5)23-13-20;1-12(2,3)7-6-9-4-5-10(13)8-11(9)14;1-7(2)5-3-10-8-6(5)4-9-7/h6-7,10,17H,8-9,11-13H2,1-5H3;4-5,8H,6-7H2,1-3H3;5H,3-4H2,1-2H3. The summed E-state index contributed by atoms with van der Waals surface area (Å²) in [6.07, 6.45) is 4.38. The molecule has 0 N–H and O–H groups in total. The molecule has 3 atom stereocenters. The Kier molecular flexibility index (Phi) is 12.3. The van der Waals surface area contributed by atoms with Crippen molar-refractivity contribution in [2.24, 2.45) is 27.8 Å². The number of hydrogen-bond acceptors (Lipinski definition) is 5. The van der Waals surface area contributed by atoms with Crippen molar-refractivity contribution in [1.82, 2.24) is 0 Å². The van der Waals surface area contributed by atoms with Gasteiger partial charge in [-0.05, 0) is 99.1 Å². The van der Waals surface area contributed by atoms with Crippen LogP contribution in [0.1, 0.15) is 98.8 Å². The van der Waals surface area contributed by atoms with E-state index in [0.29, 0.717) is 35.9 Å². The number of rotatable bonds is 5. The third-order valence-electron chi connectivity index (χ3n) is 10.0. The quantitative estimate of drug-likeness (QED) is 0.305. The van der Waals surface area contributed by atoms with Gasteiger partial charge in [0.1, 0.15) is 6.61 Å². The molecule has 0 spiro atoms. The van der Waals surface area contributed by atoms with Crippen LogP contribution in [0.2, 0.25) is 10.0 Å². The molecule has 5 nitrogen and oxygen atoms in total. The molecule has 0 amide bonds. The fourth-order valence-electron chi connectivity index (χ4n) is 6.66. The number of halogens is 3. The Balaban J connectivity index is 0.000000176. The summed E-state index contributed by atoms with van der Waals surface area (Å²) in [5, 5.41) is 5.64. The smallest absolute Gasteiger partial charge is 0.128 e. The van der Waals surface area contributed by atoms with Gasteiger partial charge in [0, 0.05) is 25.9 Å². The van der Waals surface area contributed by atoms with Crippen molar-refractivity contribution < 1.29 is 19.0 Å². The van der Waals surface area contributed by atoms with E-state index in [1.807, 2.05) is 12.1 Å². The minimum absolute atomic E-state index is 0.0320. The van der Waals surface area contributed by atoms with Crippen molar-refractivity contribution in [3.63, 3.8) is 0 Å². The molecular formula is C39H56BrCl2NO4. The molecular weight excluding hydrogens is 697 g/mol. The number of oxime groups is 1. The fraction of sp³-hybridized carbons (Fsp3) is 0.667. The number of nitrogens with zero attached hydrogens (tertiary/aromatic N) is 1. The van der Waals surface area contributed by atoms with Crippen LogP contribution in [0.25, 0.3) is 0 Å². The predicted octanol–water partition coefficient (Wildman–Crippen LogP) is 10.9. The van der Waals surface area contributed by atoms with E-state index in [4.69, 9.17) is 42.3 Å². The Morgan fingerprint density at radius 3 is 1.94 bits per heavy atom. The summed E-state index contributed by atoms with van der Waals surface area (Å²) in [7, 11) is 0. The number of hydrogen-bond donors (Lipinski definition) is 0. The van der Waals surface area contributed by atoms with Gasteiger partial charge in [-0.3, -0.25) is 0 Å². The Hall–Kier alpha value is -1.15. The lowest BCUT2D eigenvalue weighted by atomic mass is 9.69. The van der Waals surface area contributed by atoms with Crippen LogP contribution in [-0.4, -0.2) is 49.9 Å². The van der Waals surface area contributed by atoms with E-state index in [2.05, 4.69) is 115 Å². The number of ether oxygens (including phenoxy) is 3. The molecule has 3 fully saturated rings. The molecule has 3 saturated heterocycles. The third-order valence-corrected chi connectivity index (χ3v) is 11.2. The van der Waals surface area contributed by atoms with Gasteiger partial charge in [-0.2, -0.15) is 0 Å². The molecule has 47 heavy (non-hydrogen) atoms. The Morgan fingerprint density at radius 1 is 0.787 bits per heavy atom.